The summed E-state index contributed by atoms with van der Waals surface area (Å²) < 4.78 is 6.44. The van der Waals surface area contributed by atoms with Crippen LogP contribution in [0.1, 0.15) is 15.9 Å². The predicted octanol–water partition coefficient (Wildman–Crippen LogP) is 5.70. The van der Waals surface area contributed by atoms with Gasteiger partial charge in [0, 0.05) is 18.0 Å². The van der Waals surface area contributed by atoms with Crippen LogP contribution in [0.2, 0.25) is 0 Å². The highest BCUT2D eigenvalue weighted by molar-refractivity contribution is 7.22. The summed E-state index contributed by atoms with van der Waals surface area (Å²) >= 11 is 1.48. The van der Waals surface area contributed by atoms with Gasteiger partial charge >= 0.3 is 0 Å². The highest BCUT2D eigenvalue weighted by Crippen LogP contribution is 2.35. The number of pyridine rings is 1. The number of methoxy groups -OCH3 is 1. The Balaban J connectivity index is 1.65. The Kier molecular flexibility index (Phi) is 5.06. The van der Waals surface area contributed by atoms with Gasteiger partial charge in [-0.25, -0.2) is 4.98 Å². The van der Waals surface area contributed by atoms with E-state index in [0.717, 1.165) is 26.6 Å². The largest absolute Gasteiger partial charge is 0.494 e. The molecule has 5 rings (SSSR count). The lowest BCUT2D eigenvalue weighted by Gasteiger charge is -2.21. The number of nitrogens with zero attached hydrogens (tertiary/aromatic N) is 3. The van der Waals surface area contributed by atoms with Gasteiger partial charge in [0.15, 0.2) is 5.13 Å². The molecule has 0 bridgehead atoms. The first-order chi connectivity index (χ1) is 15.2. The van der Waals surface area contributed by atoms with E-state index in [2.05, 4.69) is 4.98 Å². The average Bonchev–Trinajstić information content (AvgIpc) is 3.26. The maximum Gasteiger partial charge on any atom is 0.261 e. The molecule has 31 heavy (non-hydrogen) atoms. The molecule has 6 heteroatoms. The van der Waals surface area contributed by atoms with Gasteiger partial charge < -0.3 is 4.74 Å². The number of para-hydroxylation sites is 1. The zero-order chi connectivity index (χ0) is 21.2. The quantitative estimate of drug-likeness (QED) is 0.362. The van der Waals surface area contributed by atoms with Crippen LogP contribution in [0.25, 0.3) is 21.0 Å². The van der Waals surface area contributed by atoms with Crippen LogP contribution >= 0.6 is 11.3 Å². The molecule has 0 N–H and O–H groups in total. The number of hydrogen-bond donors (Lipinski definition) is 0. The van der Waals surface area contributed by atoms with Gasteiger partial charge in [0.05, 0.1) is 18.4 Å². The summed E-state index contributed by atoms with van der Waals surface area (Å²) in [5.41, 5.74) is 2.34. The molecule has 0 aliphatic carbocycles. The van der Waals surface area contributed by atoms with Crippen LogP contribution in [0, 0.1) is 0 Å². The average molecular weight is 426 g/mol. The van der Waals surface area contributed by atoms with Crippen LogP contribution in [0.5, 0.6) is 5.75 Å². The summed E-state index contributed by atoms with van der Waals surface area (Å²) in [6.07, 6.45) is 3.50. The number of aromatic nitrogens is 2. The van der Waals surface area contributed by atoms with E-state index in [9.17, 15) is 4.79 Å². The van der Waals surface area contributed by atoms with Crippen molar-refractivity contribution in [2.75, 3.05) is 12.0 Å². The summed E-state index contributed by atoms with van der Waals surface area (Å²) in [6, 6.07) is 23.4. The second-order valence-corrected chi connectivity index (χ2v) is 8.09. The van der Waals surface area contributed by atoms with Crippen molar-refractivity contribution in [1.29, 1.82) is 0 Å². The second-order valence-electron chi connectivity index (χ2n) is 7.08. The van der Waals surface area contributed by atoms with Crippen LogP contribution in [-0.2, 0) is 6.54 Å². The third-order valence-corrected chi connectivity index (χ3v) is 6.19. The van der Waals surface area contributed by atoms with Crippen LogP contribution in [-0.4, -0.2) is 23.0 Å². The van der Waals surface area contributed by atoms with Crippen LogP contribution in [0.3, 0.4) is 0 Å². The summed E-state index contributed by atoms with van der Waals surface area (Å²) in [7, 11) is 1.63. The lowest BCUT2D eigenvalue weighted by atomic mass is 10.0. The van der Waals surface area contributed by atoms with Gasteiger partial charge in [-0.1, -0.05) is 59.9 Å². The van der Waals surface area contributed by atoms with E-state index in [4.69, 9.17) is 9.72 Å². The third-order valence-electron chi connectivity index (χ3n) is 5.15. The van der Waals surface area contributed by atoms with E-state index in [1.165, 1.54) is 11.3 Å². The Hall–Kier alpha value is -3.77. The van der Waals surface area contributed by atoms with Crippen molar-refractivity contribution in [3.63, 3.8) is 0 Å². The fraction of sp³-hybridized carbons (Fsp3) is 0.0800. The smallest absolute Gasteiger partial charge is 0.261 e. The van der Waals surface area contributed by atoms with E-state index in [1.807, 2.05) is 72.8 Å². The van der Waals surface area contributed by atoms with Crippen molar-refractivity contribution in [3.8, 4) is 5.75 Å². The minimum atomic E-state index is -0.0984. The number of benzene rings is 3. The van der Waals surface area contributed by atoms with Gasteiger partial charge in [-0.2, -0.15) is 0 Å². The number of anilines is 1. The zero-order valence-electron chi connectivity index (χ0n) is 16.9. The minimum Gasteiger partial charge on any atom is -0.494 e. The zero-order valence-corrected chi connectivity index (χ0v) is 17.7. The normalized spacial score (nSPS) is 11.0. The Bertz CT molecular complexity index is 1380. The Labute approximate surface area is 183 Å². The second kappa shape index (κ2) is 8.16. The lowest BCUT2D eigenvalue weighted by molar-refractivity contribution is 0.0986. The predicted molar refractivity (Wildman–Crippen MR) is 125 cm³/mol. The van der Waals surface area contributed by atoms with Crippen molar-refractivity contribution in [1.82, 2.24) is 9.97 Å². The fourth-order valence-corrected chi connectivity index (χ4v) is 4.63. The Morgan fingerprint density at radius 3 is 2.68 bits per heavy atom. The molecule has 0 saturated heterocycles. The van der Waals surface area contributed by atoms with Gasteiger partial charge in [0.1, 0.15) is 11.3 Å². The number of carbonyl (C=O) groups excluding carboxylic acids is 1. The molecular formula is C25H19N3O2S. The maximum atomic E-state index is 13.8. The summed E-state index contributed by atoms with van der Waals surface area (Å²) in [5.74, 6) is 0.595. The first-order valence-electron chi connectivity index (χ1n) is 9.86. The highest BCUT2D eigenvalue weighted by atomic mass is 32.1. The SMILES string of the molecule is COc1cccc2sc(N(Cc3cccnc3)C(=O)c3cccc4ccccc34)nc12. The van der Waals surface area contributed by atoms with Crippen LogP contribution in [0.4, 0.5) is 5.13 Å². The summed E-state index contributed by atoms with van der Waals surface area (Å²) in [4.78, 5) is 24.6. The topological polar surface area (TPSA) is 55.3 Å². The molecule has 0 fully saturated rings. The van der Waals surface area contributed by atoms with Gasteiger partial charge in [-0.05, 0) is 40.6 Å². The number of ether oxygens (including phenoxy) is 1. The molecule has 0 aliphatic rings. The molecule has 0 spiro atoms. The molecule has 5 nitrogen and oxygen atoms in total. The summed E-state index contributed by atoms with van der Waals surface area (Å²) in [5, 5.41) is 2.58. The van der Waals surface area contributed by atoms with Gasteiger partial charge in [0.25, 0.3) is 5.91 Å². The molecule has 0 aliphatic heterocycles. The number of amides is 1. The van der Waals surface area contributed by atoms with E-state index < -0.39 is 0 Å². The first kappa shape index (κ1) is 19.2. The molecule has 2 heterocycles. The highest BCUT2D eigenvalue weighted by Gasteiger charge is 2.24. The van der Waals surface area contributed by atoms with Crippen molar-refractivity contribution in [2.45, 2.75) is 6.54 Å². The first-order valence-corrected chi connectivity index (χ1v) is 10.7. The summed E-state index contributed by atoms with van der Waals surface area (Å²) in [6.45, 7) is 0.373. The molecule has 0 atom stereocenters. The van der Waals surface area contributed by atoms with Crippen LogP contribution < -0.4 is 9.64 Å². The number of hydrogen-bond acceptors (Lipinski definition) is 5. The Morgan fingerprint density at radius 1 is 1.00 bits per heavy atom. The third kappa shape index (κ3) is 3.62. The molecule has 0 saturated carbocycles. The molecule has 5 aromatic rings. The molecule has 0 unspecified atom stereocenters. The molecule has 3 aromatic carbocycles. The van der Waals surface area contributed by atoms with Crippen molar-refractivity contribution in [3.05, 3.63) is 96.3 Å². The molecule has 0 radical (unpaired) electrons. The minimum absolute atomic E-state index is 0.0984. The van der Waals surface area contributed by atoms with Gasteiger partial charge in [0.2, 0.25) is 0 Å². The number of thiazole rings is 1. The van der Waals surface area contributed by atoms with E-state index in [0.29, 0.717) is 23.0 Å². The van der Waals surface area contributed by atoms with E-state index in [1.54, 1.807) is 24.4 Å². The van der Waals surface area contributed by atoms with E-state index >= 15 is 0 Å². The lowest BCUT2D eigenvalue weighted by Crippen LogP contribution is -2.30. The van der Waals surface area contributed by atoms with Gasteiger partial charge in [-0.15, -0.1) is 0 Å². The molecule has 152 valence electrons. The molecular weight excluding hydrogens is 406 g/mol. The molecule has 1 amide bonds. The fourth-order valence-electron chi connectivity index (χ4n) is 3.65. The molecule has 2 aromatic heterocycles. The Morgan fingerprint density at radius 2 is 1.84 bits per heavy atom. The number of carbonyl (C=O) groups is 1. The van der Waals surface area contributed by atoms with E-state index in [-0.39, 0.29) is 5.91 Å². The maximum absolute atomic E-state index is 13.8. The van der Waals surface area contributed by atoms with Crippen molar-refractivity contribution in [2.24, 2.45) is 0 Å². The van der Waals surface area contributed by atoms with Crippen molar-refractivity contribution >= 4 is 43.4 Å². The van der Waals surface area contributed by atoms with Gasteiger partial charge in [-0.3, -0.25) is 14.7 Å². The standard InChI is InChI=1S/C25H19N3O2S/c1-30-21-12-5-13-22-23(21)27-25(31-22)28(16-17-7-6-14-26-15-17)24(29)20-11-4-9-18-8-2-3-10-19(18)20/h2-15H,16H2,1H3. The number of rotatable bonds is 5. The van der Waals surface area contributed by atoms with Crippen LogP contribution in [0.15, 0.2) is 85.2 Å². The monoisotopic (exact) mass is 425 g/mol. The number of fused-ring (bicyclic) bond motifs is 2. The van der Waals surface area contributed by atoms with Crippen molar-refractivity contribution < 1.29 is 9.53 Å².